The van der Waals surface area contributed by atoms with Gasteiger partial charge in [-0.15, -0.1) is 0 Å². The van der Waals surface area contributed by atoms with Crippen LogP contribution in [0.1, 0.15) is 5.76 Å². The molecule has 0 radical (unpaired) electrons. The van der Waals surface area contributed by atoms with E-state index in [4.69, 9.17) is 9.52 Å². The highest BCUT2D eigenvalue weighted by Crippen LogP contribution is 2.04. The molecule has 0 aliphatic rings. The first-order valence-electron chi connectivity index (χ1n) is 3.55. The van der Waals surface area contributed by atoms with Crippen molar-refractivity contribution in [1.29, 1.82) is 0 Å². The van der Waals surface area contributed by atoms with Gasteiger partial charge < -0.3 is 14.4 Å². The summed E-state index contributed by atoms with van der Waals surface area (Å²) in [7, 11) is 3.74. The smallest absolute Gasteiger partial charge is 0.226 e. The van der Waals surface area contributed by atoms with Crippen LogP contribution in [0, 0.1) is 0 Å². The number of rotatable bonds is 2. The normalized spacial score (nSPS) is 10.6. The summed E-state index contributed by atoms with van der Waals surface area (Å²) in [6, 6.07) is 1.29. The van der Waals surface area contributed by atoms with E-state index < -0.39 is 5.43 Å². The van der Waals surface area contributed by atoms with Gasteiger partial charge in [0.05, 0.1) is 6.54 Å². The fourth-order valence-electron chi connectivity index (χ4n) is 0.838. The molecule has 1 heterocycles. The van der Waals surface area contributed by atoms with Crippen molar-refractivity contribution in [2.24, 2.45) is 0 Å². The van der Waals surface area contributed by atoms with Crippen LogP contribution >= 0.6 is 0 Å². The molecule has 0 fully saturated rings. The lowest BCUT2D eigenvalue weighted by Gasteiger charge is -2.07. The third-order valence-corrected chi connectivity index (χ3v) is 1.34. The molecule has 0 saturated carbocycles. The highest BCUT2D eigenvalue weighted by molar-refractivity contribution is 5.15. The Hall–Kier alpha value is -1.29. The highest BCUT2D eigenvalue weighted by Gasteiger charge is 2.01. The second-order valence-corrected chi connectivity index (χ2v) is 2.83. The van der Waals surface area contributed by atoms with Crippen molar-refractivity contribution in [1.82, 2.24) is 4.90 Å². The first kappa shape index (κ1) is 8.80. The minimum atomic E-state index is -0.405. The maximum atomic E-state index is 10.9. The molecule has 1 aromatic heterocycles. The zero-order valence-corrected chi connectivity index (χ0v) is 7.07. The average molecular weight is 169 g/mol. The molecular formula is C8H11NO3. The van der Waals surface area contributed by atoms with Gasteiger partial charge in [-0.2, -0.15) is 0 Å². The van der Waals surface area contributed by atoms with Crippen LogP contribution in [0.5, 0.6) is 5.75 Å². The lowest BCUT2D eigenvalue weighted by molar-refractivity contribution is 0.334. The van der Waals surface area contributed by atoms with Gasteiger partial charge in [0.25, 0.3) is 0 Å². The van der Waals surface area contributed by atoms with E-state index in [1.165, 1.54) is 6.07 Å². The molecule has 0 unspecified atom stereocenters. The predicted molar refractivity (Wildman–Crippen MR) is 44.0 cm³/mol. The Labute approximate surface area is 70.0 Å². The van der Waals surface area contributed by atoms with Crippen molar-refractivity contribution in [2.45, 2.75) is 6.54 Å². The predicted octanol–water partition coefficient (Wildman–Crippen LogP) is 0.407. The second kappa shape index (κ2) is 3.40. The van der Waals surface area contributed by atoms with Gasteiger partial charge in [0.15, 0.2) is 5.75 Å². The molecule has 0 atom stereocenters. The van der Waals surface area contributed by atoms with Gasteiger partial charge in [0.2, 0.25) is 5.43 Å². The number of hydrogen-bond acceptors (Lipinski definition) is 4. The summed E-state index contributed by atoms with van der Waals surface area (Å²) in [4.78, 5) is 12.8. The fraction of sp³-hybridized carbons (Fsp3) is 0.375. The molecule has 0 aliphatic heterocycles. The Balaban J connectivity index is 2.90. The summed E-state index contributed by atoms with van der Waals surface area (Å²) in [6.07, 6.45) is 1.06. The lowest BCUT2D eigenvalue weighted by Crippen LogP contribution is -2.12. The van der Waals surface area contributed by atoms with Crippen molar-refractivity contribution in [3.63, 3.8) is 0 Å². The standard InChI is InChI=1S/C8H11NO3/c1-9(2)4-6-3-7(10)8(11)5-12-6/h3,5,11H,4H2,1-2H3. The number of aromatic hydroxyl groups is 1. The summed E-state index contributed by atoms with van der Waals surface area (Å²) < 4.78 is 4.96. The molecule has 12 heavy (non-hydrogen) atoms. The maximum absolute atomic E-state index is 10.9. The van der Waals surface area contributed by atoms with E-state index in [0.717, 1.165) is 6.26 Å². The van der Waals surface area contributed by atoms with Crippen LogP contribution in [0.25, 0.3) is 0 Å². The van der Waals surface area contributed by atoms with Gasteiger partial charge >= 0.3 is 0 Å². The Morgan fingerprint density at radius 1 is 1.58 bits per heavy atom. The van der Waals surface area contributed by atoms with Crippen molar-refractivity contribution in [3.8, 4) is 5.75 Å². The van der Waals surface area contributed by atoms with E-state index in [2.05, 4.69) is 0 Å². The highest BCUT2D eigenvalue weighted by atomic mass is 16.4. The Morgan fingerprint density at radius 3 is 2.75 bits per heavy atom. The molecular weight excluding hydrogens is 158 g/mol. The summed E-state index contributed by atoms with van der Waals surface area (Å²) in [5.41, 5.74) is -0.405. The fourth-order valence-corrected chi connectivity index (χ4v) is 0.838. The zero-order valence-electron chi connectivity index (χ0n) is 7.07. The van der Waals surface area contributed by atoms with Gasteiger partial charge in [-0.3, -0.25) is 4.79 Å². The molecule has 0 aliphatic carbocycles. The van der Waals surface area contributed by atoms with Crippen molar-refractivity contribution in [2.75, 3.05) is 14.1 Å². The van der Waals surface area contributed by atoms with Crippen LogP contribution in [-0.2, 0) is 6.54 Å². The average Bonchev–Trinajstić information content (AvgIpc) is 1.96. The van der Waals surface area contributed by atoms with Gasteiger partial charge in [0, 0.05) is 6.07 Å². The lowest BCUT2D eigenvalue weighted by atomic mass is 10.3. The topological polar surface area (TPSA) is 53.7 Å². The third-order valence-electron chi connectivity index (χ3n) is 1.34. The molecule has 0 amide bonds. The molecule has 0 bridgehead atoms. The van der Waals surface area contributed by atoms with E-state index in [0.29, 0.717) is 12.3 Å². The molecule has 0 aromatic carbocycles. The molecule has 1 aromatic rings. The SMILES string of the molecule is CN(C)Cc1cc(=O)c(O)co1. The van der Waals surface area contributed by atoms with Crippen LogP contribution in [-0.4, -0.2) is 24.1 Å². The van der Waals surface area contributed by atoms with Gasteiger partial charge in [-0.05, 0) is 14.1 Å². The molecule has 0 spiro atoms. The maximum Gasteiger partial charge on any atom is 0.226 e. The van der Waals surface area contributed by atoms with Gasteiger partial charge in [0.1, 0.15) is 12.0 Å². The molecule has 1 N–H and O–H groups in total. The quantitative estimate of drug-likeness (QED) is 0.696. The van der Waals surface area contributed by atoms with E-state index in [1.807, 2.05) is 19.0 Å². The first-order valence-corrected chi connectivity index (χ1v) is 3.55. The van der Waals surface area contributed by atoms with Gasteiger partial charge in [-0.1, -0.05) is 0 Å². The zero-order chi connectivity index (χ0) is 9.14. The van der Waals surface area contributed by atoms with Crippen LogP contribution in [0.2, 0.25) is 0 Å². The number of hydrogen-bond donors (Lipinski definition) is 1. The minimum absolute atomic E-state index is 0.350. The second-order valence-electron chi connectivity index (χ2n) is 2.83. The molecule has 4 heteroatoms. The molecule has 0 saturated heterocycles. The van der Waals surface area contributed by atoms with E-state index in [1.54, 1.807) is 0 Å². The van der Waals surface area contributed by atoms with E-state index in [9.17, 15) is 4.79 Å². The van der Waals surface area contributed by atoms with Gasteiger partial charge in [-0.25, -0.2) is 0 Å². The van der Waals surface area contributed by atoms with Crippen LogP contribution in [0.4, 0.5) is 0 Å². The first-order chi connectivity index (χ1) is 5.59. The van der Waals surface area contributed by atoms with Crippen molar-refractivity contribution >= 4 is 0 Å². The largest absolute Gasteiger partial charge is 0.502 e. The molecule has 4 nitrogen and oxygen atoms in total. The molecule has 66 valence electrons. The number of nitrogens with zero attached hydrogens (tertiary/aromatic N) is 1. The van der Waals surface area contributed by atoms with Crippen LogP contribution in [0.3, 0.4) is 0 Å². The Morgan fingerprint density at radius 2 is 2.25 bits per heavy atom. The summed E-state index contributed by atoms with van der Waals surface area (Å²) in [5.74, 6) is 0.195. The Bertz CT molecular complexity index is 316. The monoisotopic (exact) mass is 169 g/mol. The van der Waals surface area contributed by atoms with Crippen LogP contribution < -0.4 is 5.43 Å². The third kappa shape index (κ3) is 2.10. The Kier molecular flexibility index (Phi) is 2.50. The van der Waals surface area contributed by atoms with Crippen LogP contribution in [0.15, 0.2) is 21.5 Å². The minimum Gasteiger partial charge on any atom is -0.502 e. The van der Waals surface area contributed by atoms with E-state index in [-0.39, 0.29) is 5.75 Å². The van der Waals surface area contributed by atoms with Crippen molar-refractivity contribution < 1.29 is 9.52 Å². The summed E-state index contributed by atoms with van der Waals surface area (Å²) in [6.45, 7) is 0.551. The summed E-state index contributed by atoms with van der Waals surface area (Å²) >= 11 is 0. The van der Waals surface area contributed by atoms with Crippen molar-refractivity contribution in [3.05, 3.63) is 28.3 Å². The van der Waals surface area contributed by atoms with E-state index >= 15 is 0 Å². The summed E-state index contributed by atoms with van der Waals surface area (Å²) in [5, 5.41) is 8.86. The molecule has 1 rings (SSSR count).